The van der Waals surface area contributed by atoms with E-state index in [1.807, 2.05) is 0 Å². The molecule has 0 N–H and O–H groups in total. The Balaban J connectivity index is 1.54. The molecular formula is C35H24BrN. The van der Waals surface area contributed by atoms with Crippen LogP contribution < -0.4 is 0 Å². The minimum Gasteiger partial charge on any atom is -0.309 e. The third-order valence-electron chi connectivity index (χ3n) is 8.42. The van der Waals surface area contributed by atoms with E-state index in [1.54, 1.807) is 0 Å². The lowest BCUT2D eigenvalue weighted by atomic mass is 9.82. The lowest BCUT2D eigenvalue weighted by Crippen LogP contribution is -2.15. The van der Waals surface area contributed by atoms with Crippen LogP contribution in [0.5, 0.6) is 0 Å². The molecular weight excluding hydrogens is 514 g/mol. The van der Waals surface area contributed by atoms with Crippen molar-refractivity contribution in [2.24, 2.45) is 0 Å². The van der Waals surface area contributed by atoms with Gasteiger partial charge >= 0.3 is 0 Å². The van der Waals surface area contributed by atoms with Gasteiger partial charge < -0.3 is 4.57 Å². The summed E-state index contributed by atoms with van der Waals surface area (Å²) >= 11 is 3.70. The zero-order valence-electron chi connectivity index (χ0n) is 20.7. The Morgan fingerprint density at radius 1 is 0.568 bits per heavy atom. The van der Waals surface area contributed by atoms with E-state index in [2.05, 4.69) is 144 Å². The Bertz CT molecular complexity index is 2080. The highest BCUT2D eigenvalue weighted by Gasteiger charge is 2.36. The third kappa shape index (κ3) is 2.74. The number of nitrogens with zero attached hydrogens (tertiary/aromatic N) is 1. The van der Waals surface area contributed by atoms with Crippen LogP contribution in [0.15, 0.2) is 114 Å². The van der Waals surface area contributed by atoms with Crippen LogP contribution in [0.2, 0.25) is 0 Å². The Morgan fingerprint density at radius 2 is 1.14 bits per heavy atom. The van der Waals surface area contributed by atoms with Gasteiger partial charge in [-0.1, -0.05) is 109 Å². The first kappa shape index (κ1) is 21.2. The lowest BCUT2D eigenvalue weighted by molar-refractivity contribution is 0.659. The van der Waals surface area contributed by atoms with Gasteiger partial charge in [0.25, 0.3) is 0 Å². The lowest BCUT2D eigenvalue weighted by Gasteiger charge is -2.22. The quantitative estimate of drug-likeness (QED) is 0.183. The maximum Gasteiger partial charge on any atom is 0.0625 e. The molecule has 0 atom stereocenters. The molecule has 0 saturated carbocycles. The van der Waals surface area contributed by atoms with Gasteiger partial charge in [-0.2, -0.15) is 0 Å². The summed E-state index contributed by atoms with van der Waals surface area (Å²) < 4.78 is 3.63. The number of hydrogen-bond acceptors (Lipinski definition) is 0. The van der Waals surface area contributed by atoms with Gasteiger partial charge in [-0.3, -0.25) is 0 Å². The largest absolute Gasteiger partial charge is 0.309 e. The number of para-hydroxylation sites is 1. The van der Waals surface area contributed by atoms with Crippen molar-refractivity contribution in [3.8, 4) is 16.8 Å². The van der Waals surface area contributed by atoms with Gasteiger partial charge in [0.1, 0.15) is 0 Å². The van der Waals surface area contributed by atoms with Crippen LogP contribution in [0.3, 0.4) is 0 Å². The number of benzene rings is 6. The second-order valence-corrected chi connectivity index (χ2v) is 11.6. The molecule has 0 fully saturated rings. The van der Waals surface area contributed by atoms with E-state index in [-0.39, 0.29) is 5.41 Å². The van der Waals surface area contributed by atoms with Gasteiger partial charge in [0.15, 0.2) is 0 Å². The van der Waals surface area contributed by atoms with Crippen LogP contribution in [0.25, 0.3) is 60.2 Å². The first-order valence-corrected chi connectivity index (χ1v) is 13.6. The first-order chi connectivity index (χ1) is 18.0. The number of hydrogen-bond donors (Lipinski definition) is 0. The van der Waals surface area contributed by atoms with Crippen LogP contribution in [-0.2, 0) is 5.41 Å². The van der Waals surface area contributed by atoms with E-state index in [0.717, 1.165) is 4.47 Å². The van der Waals surface area contributed by atoms with Gasteiger partial charge in [-0.15, -0.1) is 0 Å². The SMILES string of the molecule is CC1(C)c2cc(Br)ccc2-c2ccc(-n3c4ccccc4c4c5ccccc5c5ccccc5c43)cc21. The second kappa shape index (κ2) is 7.34. The van der Waals surface area contributed by atoms with Gasteiger partial charge in [-0.05, 0) is 68.7 Å². The Labute approximate surface area is 224 Å². The predicted octanol–water partition coefficient (Wildman–Crippen LogP) is 10.2. The summed E-state index contributed by atoms with van der Waals surface area (Å²) in [7, 11) is 0. The normalized spacial score (nSPS) is 14.0. The molecule has 176 valence electrons. The van der Waals surface area contributed by atoms with Gasteiger partial charge in [0, 0.05) is 31.7 Å². The third-order valence-corrected chi connectivity index (χ3v) is 8.92. The minimum atomic E-state index is -0.0714. The van der Waals surface area contributed by atoms with E-state index >= 15 is 0 Å². The Hall–Kier alpha value is -3.88. The highest BCUT2D eigenvalue weighted by Crippen LogP contribution is 2.50. The first-order valence-electron chi connectivity index (χ1n) is 12.8. The summed E-state index contributed by atoms with van der Waals surface area (Å²) in [5, 5.41) is 7.84. The van der Waals surface area contributed by atoms with E-state index in [0.29, 0.717) is 0 Å². The molecule has 7 aromatic rings. The maximum atomic E-state index is 3.70. The fourth-order valence-corrected chi connectivity index (χ4v) is 7.09. The van der Waals surface area contributed by atoms with Crippen molar-refractivity contribution in [1.82, 2.24) is 4.57 Å². The molecule has 37 heavy (non-hydrogen) atoms. The average molecular weight is 538 g/mol. The average Bonchev–Trinajstić information content (AvgIpc) is 3.39. The Morgan fingerprint density at radius 3 is 1.89 bits per heavy atom. The minimum absolute atomic E-state index is 0.0714. The van der Waals surface area contributed by atoms with Gasteiger partial charge in [-0.25, -0.2) is 0 Å². The second-order valence-electron chi connectivity index (χ2n) is 10.7. The van der Waals surface area contributed by atoms with E-state index in [4.69, 9.17) is 0 Å². The highest BCUT2D eigenvalue weighted by molar-refractivity contribution is 9.10. The topological polar surface area (TPSA) is 4.93 Å². The van der Waals surface area contributed by atoms with Crippen LogP contribution in [0.4, 0.5) is 0 Å². The molecule has 0 amide bonds. The summed E-state index contributed by atoms with van der Waals surface area (Å²) in [6, 6.07) is 40.3. The van der Waals surface area contributed by atoms with Crippen molar-refractivity contribution in [1.29, 1.82) is 0 Å². The number of rotatable bonds is 1. The molecule has 1 aliphatic rings. The summed E-state index contributed by atoms with van der Waals surface area (Å²) in [5.74, 6) is 0. The van der Waals surface area contributed by atoms with Crippen LogP contribution >= 0.6 is 15.9 Å². The molecule has 0 aliphatic heterocycles. The molecule has 2 heteroatoms. The molecule has 0 unspecified atom stereocenters. The number of halogens is 1. The van der Waals surface area contributed by atoms with Crippen molar-refractivity contribution in [3.05, 3.63) is 125 Å². The highest BCUT2D eigenvalue weighted by atomic mass is 79.9. The van der Waals surface area contributed by atoms with Gasteiger partial charge in [0.05, 0.1) is 11.0 Å². The molecule has 0 radical (unpaired) electrons. The Kier molecular flexibility index (Phi) is 4.21. The molecule has 8 rings (SSSR count). The molecule has 1 nitrogen and oxygen atoms in total. The molecule has 0 bridgehead atoms. The number of fused-ring (bicyclic) bond motifs is 11. The molecule has 0 spiro atoms. The fourth-order valence-electron chi connectivity index (χ4n) is 6.73. The van der Waals surface area contributed by atoms with E-state index < -0.39 is 0 Å². The molecule has 1 heterocycles. The summed E-state index contributed by atoms with van der Waals surface area (Å²) in [6.45, 7) is 4.70. The predicted molar refractivity (Wildman–Crippen MR) is 161 cm³/mol. The van der Waals surface area contributed by atoms with Crippen molar-refractivity contribution < 1.29 is 0 Å². The maximum absolute atomic E-state index is 3.70. The smallest absolute Gasteiger partial charge is 0.0625 e. The molecule has 6 aromatic carbocycles. The van der Waals surface area contributed by atoms with Crippen LogP contribution in [0, 0.1) is 0 Å². The monoisotopic (exact) mass is 537 g/mol. The van der Waals surface area contributed by atoms with E-state index in [1.165, 1.54) is 71.3 Å². The summed E-state index contributed by atoms with van der Waals surface area (Å²) in [6.07, 6.45) is 0. The zero-order chi connectivity index (χ0) is 24.9. The van der Waals surface area contributed by atoms with Crippen molar-refractivity contribution in [2.45, 2.75) is 19.3 Å². The summed E-state index contributed by atoms with van der Waals surface area (Å²) in [4.78, 5) is 0. The van der Waals surface area contributed by atoms with E-state index in [9.17, 15) is 0 Å². The van der Waals surface area contributed by atoms with Crippen LogP contribution in [-0.4, -0.2) is 4.57 Å². The van der Waals surface area contributed by atoms with Crippen molar-refractivity contribution in [2.75, 3.05) is 0 Å². The fraction of sp³-hybridized carbons (Fsp3) is 0.0857. The van der Waals surface area contributed by atoms with Crippen molar-refractivity contribution in [3.63, 3.8) is 0 Å². The number of aromatic nitrogens is 1. The van der Waals surface area contributed by atoms with Crippen LogP contribution in [0.1, 0.15) is 25.0 Å². The zero-order valence-corrected chi connectivity index (χ0v) is 22.3. The molecule has 0 saturated heterocycles. The van der Waals surface area contributed by atoms with Gasteiger partial charge in [0.2, 0.25) is 0 Å². The molecule has 1 aliphatic carbocycles. The van der Waals surface area contributed by atoms with Crippen molar-refractivity contribution >= 4 is 59.3 Å². The summed E-state index contributed by atoms with van der Waals surface area (Å²) in [5.41, 5.74) is 9.12. The molecule has 1 aromatic heterocycles. The standard InChI is InChI=1S/C35H24BrN/c1-35(2)30-19-21(36)15-17-25(30)26-18-16-22(20-31(26)35)37-32-14-8-7-13-29(32)33-27-11-5-3-9-23(27)24-10-4-6-12-28(24)34(33)37/h3-20H,1-2H3.